The van der Waals surface area contributed by atoms with Crippen molar-refractivity contribution in [3.05, 3.63) is 95.1 Å². The second kappa shape index (κ2) is 9.97. The third kappa shape index (κ3) is 5.18. The van der Waals surface area contributed by atoms with Crippen LogP contribution < -0.4 is 9.46 Å². The van der Waals surface area contributed by atoms with Crippen LogP contribution in [0.4, 0.5) is 0 Å². The van der Waals surface area contributed by atoms with Gasteiger partial charge in [0.2, 0.25) is 10.0 Å². The summed E-state index contributed by atoms with van der Waals surface area (Å²) in [4.78, 5) is 14.9. The van der Waals surface area contributed by atoms with E-state index in [-0.39, 0.29) is 23.4 Å². The van der Waals surface area contributed by atoms with Gasteiger partial charge in [-0.05, 0) is 43.2 Å². The first kappa shape index (κ1) is 23.5. The molecule has 0 aliphatic carbocycles. The molecular weight excluding hydrogens is 424 g/mol. The lowest BCUT2D eigenvalue weighted by molar-refractivity contribution is 0.0741. The summed E-state index contributed by atoms with van der Waals surface area (Å²) < 4.78 is 34.0. The first-order valence-electron chi connectivity index (χ1n) is 10.3. The SMILES string of the molecule is COc1ccccc1C(C)N(C)C(=O)c1ccc(C)c(S(=O)(=O)NCc2ccccc2)c1. The van der Waals surface area contributed by atoms with Crippen molar-refractivity contribution in [3.63, 3.8) is 0 Å². The quantitative estimate of drug-likeness (QED) is 0.552. The number of ether oxygens (including phenoxy) is 1. The van der Waals surface area contributed by atoms with E-state index in [9.17, 15) is 13.2 Å². The summed E-state index contributed by atoms with van der Waals surface area (Å²) in [7, 11) is -0.509. The molecule has 0 fully saturated rings. The topological polar surface area (TPSA) is 75.7 Å². The molecule has 0 bridgehead atoms. The maximum Gasteiger partial charge on any atom is 0.254 e. The Morgan fingerprint density at radius 1 is 1.03 bits per heavy atom. The molecule has 0 aliphatic heterocycles. The third-order valence-electron chi connectivity index (χ3n) is 5.52. The average molecular weight is 453 g/mol. The predicted molar refractivity (Wildman–Crippen MR) is 125 cm³/mol. The van der Waals surface area contributed by atoms with E-state index in [0.717, 1.165) is 11.1 Å². The Labute approximate surface area is 189 Å². The molecule has 1 amide bonds. The summed E-state index contributed by atoms with van der Waals surface area (Å²) in [5, 5.41) is 0. The highest BCUT2D eigenvalue weighted by Gasteiger charge is 2.24. The van der Waals surface area contributed by atoms with Crippen molar-refractivity contribution >= 4 is 15.9 Å². The molecular formula is C25H28N2O4S. The highest BCUT2D eigenvalue weighted by molar-refractivity contribution is 7.89. The molecule has 0 saturated heterocycles. The fourth-order valence-corrected chi connectivity index (χ4v) is 4.76. The van der Waals surface area contributed by atoms with Crippen LogP contribution in [0.2, 0.25) is 0 Å². The maximum absolute atomic E-state index is 13.2. The molecule has 1 atom stereocenters. The zero-order valence-electron chi connectivity index (χ0n) is 18.7. The van der Waals surface area contributed by atoms with Crippen LogP contribution in [0.5, 0.6) is 5.75 Å². The second-order valence-corrected chi connectivity index (χ2v) is 9.36. The molecule has 3 aromatic carbocycles. The lowest BCUT2D eigenvalue weighted by Crippen LogP contribution is -2.30. The molecule has 168 valence electrons. The van der Waals surface area contributed by atoms with Gasteiger partial charge in [-0.2, -0.15) is 0 Å². The monoisotopic (exact) mass is 452 g/mol. The van der Waals surface area contributed by atoms with Crippen LogP contribution in [0.25, 0.3) is 0 Å². The molecule has 3 rings (SSSR count). The zero-order chi connectivity index (χ0) is 23.3. The lowest BCUT2D eigenvalue weighted by Gasteiger charge is -2.27. The minimum absolute atomic E-state index is 0.0950. The summed E-state index contributed by atoms with van der Waals surface area (Å²) in [6.07, 6.45) is 0. The molecule has 1 unspecified atom stereocenters. The molecule has 0 heterocycles. The number of nitrogens with zero attached hydrogens (tertiary/aromatic N) is 1. The Kier molecular flexibility index (Phi) is 7.33. The van der Waals surface area contributed by atoms with Gasteiger partial charge in [-0.3, -0.25) is 4.79 Å². The van der Waals surface area contributed by atoms with Gasteiger partial charge in [-0.25, -0.2) is 13.1 Å². The summed E-state index contributed by atoms with van der Waals surface area (Å²) >= 11 is 0. The number of sulfonamides is 1. The number of aryl methyl sites for hydroxylation is 1. The van der Waals surface area contributed by atoms with E-state index in [2.05, 4.69) is 4.72 Å². The third-order valence-corrected chi connectivity index (χ3v) is 7.07. The molecule has 0 radical (unpaired) electrons. The summed E-state index contributed by atoms with van der Waals surface area (Å²) in [6.45, 7) is 3.79. The van der Waals surface area contributed by atoms with Gasteiger partial charge in [0.25, 0.3) is 5.91 Å². The highest BCUT2D eigenvalue weighted by Crippen LogP contribution is 2.29. The average Bonchev–Trinajstić information content (AvgIpc) is 2.82. The van der Waals surface area contributed by atoms with Crippen LogP contribution >= 0.6 is 0 Å². The smallest absolute Gasteiger partial charge is 0.254 e. The van der Waals surface area contributed by atoms with Crippen LogP contribution in [-0.2, 0) is 16.6 Å². The molecule has 32 heavy (non-hydrogen) atoms. The van der Waals surface area contributed by atoms with Crippen molar-refractivity contribution in [3.8, 4) is 5.75 Å². The van der Waals surface area contributed by atoms with E-state index < -0.39 is 10.0 Å². The normalized spacial score (nSPS) is 12.2. The number of para-hydroxylation sites is 1. The van der Waals surface area contributed by atoms with Crippen molar-refractivity contribution in [2.24, 2.45) is 0 Å². The summed E-state index contributed by atoms with van der Waals surface area (Å²) in [6, 6.07) is 21.3. The summed E-state index contributed by atoms with van der Waals surface area (Å²) in [5.74, 6) is 0.417. The zero-order valence-corrected chi connectivity index (χ0v) is 19.5. The van der Waals surface area contributed by atoms with Gasteiger partial charge < -0.3 is 9.64 Å². The maximum atomic E-state index is 13.2. The van der Waals surface area contributed by atoms with Gasteiger partial charge in [0.1, 0.15) is 5.75 Å². The van der Waals surface area contributed by atoms with E-state index in [0.29, 0.717) is 16.9 Å². The number of methoxy groups -OCH3 is 1. The first-order chi connectivity index (χ1) is 15.2. The number of carbonyl (C=O) groups is 1. The Balaban J connectivity index is 1.84. The number of hydrogen-bond acceptors (Lipinski definition) is 4. The molecule has 0 saturated carbocycles. The Hall–Kier alpha value is -3.16. The van der Waals surface area contributed by atoms with Crippen molar-refractivity contribution in [1.29, 1.82) is 0 Å². The van der Waals surface area contributed by atoms with Gasteiger partial charge in [0.05, 0.1) is 18.0 Å². The fourth-order valence-electron chi connectivity index (χ4n) is 3.47. The Morgan fingerprint density at radius 2 is 1.69 bits per heavy atom. The van der Waals surface area contributed by atoms with E-state index in [1.54, 1.807) is 38.1 Å². The van der Waals surface area contributed by atoms with Crippen molar-refractivity contribution < 1.29 is 17.9 Å². The van der Waals surface area contributed by atoms with Crippen LogP contribution in [0, 0.1) is 6.92 Å². The summed E-state index contributed by atoms with van der Waals surface area (Å²) in [5.41, 5.74) is 2.60. The van der Waals surface area contributed by atoms with Gasteiger partial charge in [0.15, 0.2) is 0 Å². The van der Waals surface area contributed by atoms with Crippen molar-refractivity contribution in [2.75, 3.05) is 14.2 Å². The number of carbonyl (C=O) groups excluding carboxylic acids is 1. The van der Waals surface area contributed by atoms with E-state index in [1.807, 2.05) is 61.5 Å². The number of hydrogen-bond donors (Lipinski definition) is 1. The van der Waals surface area contributed by atoms with Gasteiger partial charge in [-0.15, -0.1) is 0 Å². The standard InChI is InChI=1S/C25H28N2O4S/c1-18-14-15-21(16-24(18)32(29,30)26-17-20-10-6-5-7-11-20)25(28)27(3)19(2)22-12-8-9-13-23(22)31-4/h5-16,19,26H,17H2,1-4H3. The van der Waals surface area contributed by atoms with E-state index in [4.69, 9.17) is 4.74 Å². The first-order valence-corrected chi connectivity index (χ1v) is 11.8. The second-order valence-electron chi connectivity index (χ2n) is 7.62. The van der Waals surface area contributed by atoms with Gasteiger partial charge in [0, 0.05) is 24.7 Å². The van der Waals surface area contributed by atoms with Crippen molar-refractivity contribution in [2.45, 2.75) is 31.3 Å². The molecule has 7 heteroatoms. The Bertz CT molecular complexity index is 1190. The van der Waals surface area contributed by atoms with E-state index in [1.165, 1.54) is 6.07 Å². The van der Waals surface area contributed by atoms with Gasteiger partial charge in [-0.1, -0.05) is 54.6 Å². The largest absolute Gasteiger partial charge is 0.496 e. The van der Waals surface area contributed by atoms with Crippen LogP contribution in [0.1, 0.15) is 40.0 Å². The minimum Gasteiger partial charge on any atom is -0.496 e. The molecule has 3 aromatic rings. The van der Waals surface area contributed by atoms with Crippen molar-refractivity contribution in [1.82, 2.24) is 9.62 Å². The van der Waals surface area contributed by atoms with Gasteiger partial charge >= 0.3 is 0 Å². The van der Waals surface area contributed by atoms with Crippen LogP contribution in [0.3, 0.4) is 0 Å². The van der Waals surface area contributed by atoms with Crippen LogP contribution in [0.15, 0.2) is 77.7 Å². The van der Waals surface area contributed by atoms with Crippen LogP contribution in [-0.4, -0.2) is 33.4 Å². The molecule has 0 spiro atoms. The number of rotatable bonds is 8. The van der Waals surface area contributed by atoms with E-state index >= 15 is 0 Å². The lowest BCUT2D eigenvalue weighted by atomic mass is 10.0. The minimum atomic E-state index is -3.79. The fraction of sp³-hybridized carbons (Fsp3) is 0.240. The number of nitrogens with one attached hydrogen (secondary N) is 1. The highest BCUT2D eigenvalue weighted by atomic mass is 32.2. The predicted octanol–water partition coefficient (Wildman–Crippen LogP) is 4.32. The molecule has 0 aliphatic rings. The number of amides is 1. The molecule has 0 aromatic heterocycles. The Morgan fingerprint density at radius 3 is 2.38 bits per heavy atom. The molecule has 1 N–H and O–H groups in total. The number of benzene rings is 3. The molecule has 6 nitrogen and oxygen atoms in total.